The van der Waals surface area contributed by atoms with E-state index in [4.69, 9.17) is 18.9 Å². The maximum absolute atomic E-state index is 14.0. The van der Waals surface area contributed by atoms with Crippen molar-refractivity contribution in [1.82, 2.24) is 9.88 Å². The SMILES string of the molecule is COc1ccc(OC)c(S(=O)(=O)Nc2cc(C(=O)NCC3COc4ccccc4O3)ccc2N2CC3CC(C2)c2cccc(=O)n2C3)c1. The van der Waals surface area contributed by atoms with Gasteiger partial charge in [-0.3, -0.25) is 14.3 Å². The molecule has 7 rings (SSSR count). The van der Waals surface area contributed by atoms with Gasteiger partial charge in [0.15, 0.2) is 11.5 Å². The molecule has 48 heavy (non-hydrogen) atoms. The van der Waals surface area contributed by atoms with Crippen molar-refractivity contribution in [2.45, 2.75) is 29.9 Å². The molecule has 3 aliphatic heterocycles. The van der Waals surface area contributed by atoms with Crippen molar-refractivity contribution in [2.24, 2.45) is 5.92 Å². The Morgan fingerprint density at radius 3 is 2.58 bits per heavy atom. The van der Waals surface area contributed by atoms with Crippen LogP contribution in [-0.4, -0.2) is 65.5 Å². The molecule has 1 amide bonds. The highest BCUT2D eigenvalue weighted by atomic mass is 32.2. The molecule has 13 heteroatoms. The quantitative estimate of drug-likeness (QED) is 0.272. The van der Waals surface area contributed by atoms with Crippen LogP contribution in [0.3, 0.4) is 0 Å². The number of rotatable bonds is 9. The average Bonchev–Trinajstić information content (AvgIpc) is 3.10. The number of para-hydroxylation sites is 2. The van der Waals surface area contributed by atoms with E-state index in [0.717, 1.165) is 12.1 Å². The first kappa shape index (κ1) is 31.4. The number of amides is 1. The fourth-order valence-corrected chi connectivity index (χ4v) is 8.04. The van der Waals surface area contributed by atoms with Crippen LogP contribution in [0.5, 0.6) is 23.0 Å². The fraction of sp³-hybridized carbons (Fsp3) is 0.314. The number of methoxy groups -OCH3 is 2. The van der Waals surface area contributed by atoms with Gasteiger partial charge in [-0.15, -0.1) is 0 Å². The van der Waals surface area contributed by atoms with Crippen LogP contribution in [0.15, 0.2) is 88.6 Å². The number of nitrogens with zero attached hydrogens (tertiary/aromatic N) is 2. The number of benzene rings is 3. The molecular weight excluding hydrogens is 636 g/mol. The predicted octanol–water partition coefficient (Wildman–Crippen LogP) is 3.86. The number of anilines is 2. The summed E-state index contributed by atoms with van der Waals surface area (Å²) in [6, 6.07) is 22.2. The van der Waals surface area contributed by atoms with Crippen molar-refractivity contribution in [3.05, 3.63) is 100 Å². The van der Waals surface area contributed by atoms with Gasteiger partial charge >= 0.3 is 0 Å². The zero-order chi connectivity index (χ0) is 33.4. The molecule has 0 radical (unpaired) electrons. The molecule has 250 valence electrons. The van der Waals surface area contributed by atoms with E-state index in [1.807, 2.05) is 34.9 Å². The smallest absolute Gasteiger partial charge is 0.265 e. The molecule has 0 aliphatic carbocycles. The standard InChI is InChI=1S/C35H36N4O8S/c1-44-25-11-13-32(45-2)33(16-25)48(42,43)37-27-15-23(35(41)36-17-26-21-46-30-7-3-4-8-31(30)47-26)10-12-29(27)38-18-22-14-24(20-38)28-6-5-9-34(40)39(28)19-22/h3-13,15-16,22,24,26,37H,14,17-21H2,1-2H3,(H,36,41). The molecule has 2 bridgehead atoms. The van der Waals surface area contributed by atoms with E-state index in [2.05, 4.69) is 14.9 Å². The van der Waals surface area contributed by atoms with E-state index in [1.165, 1.54) is 26.4 Å². The topological polar surface area (TPSA) is 137 Å². The highest BCUT2D eigenvalue weighted by molar-refractivity contribution is 7.92. The van der Waals surface area contributed by atoms with Crippen LogP contribution in [0, 0.1) is 5.92 Å². The first-order valence-corrected chi connectivity index (χ1v) is 17.2. The number of sulfonamides is 1. The zero-order valence-electron chi connectivity index (χ0n) is 26.5. The monoisotopic (exact) mass is 672 g/mol. The van der Waals surface area contributed by atoms with Crippen LogP contribution in [0.2, 0.25) is 0 Å². The van der Waals surface area contributed by atoms with Gasteiger partial charge in [-0.05, 0) is 60.9 Å². The Labute approximate surface area is 278 Å². The number of pyridine rings is 1. The van der Waals surface area contributed by atoms with Gasteiger partial charge in [-0.2, -0.15) is 0 Å². The van der Waals surface area contributed by atoms with E-state index in [0.29, 0.717) is 42.6 Å². The molecule has 0 spiro atoms. The molecule has 4 aromatic rings. The minimum atomic E-state index is -4.22. The lowest BCUT2D eigenvalue weighted by atomic mass is 9.83. The van der Waals surface area contributed by atoms with Gasteiger partial charge in [-0.25, -0.2) is 8.42 Å². The number of piperidine rings is 1. The fourth-order valence-electron chi connectivity index (χ4n) is 6.79. The summed E-state index contributed by atoms with van der Waals surface area (Å²) in [5.74, 6) is 1.62. The van der Waals surface area contributed by atoms with Gasteiger partial charge in [0.05, 0.1) is 32.1 Å². The lowest BCUT2D eigenvalue weighted by Crippen LogP contribution is -2.47. The van der Waals surface area contributed by atoms with Crippen molar-refractivity contribution in [1.29, 1.82) is 0 Å². The molecule has 12 nitrogen and oxygen atoms in total. The third kappa shape index (κ3) is 6.13. The number of aromatic nitrogens is 1. The molecule has 0 saturated carbocycles. The third-order valence-electron chi connectivity index (χ3n) is 9.04. The van der Waals surface area contributed by atoms with E-state index >= 15 is 0 Å². The first-order valence-electron chi connectivity index (χ1n) is 15.7. The zero-order valence-corrected chi connectivity index (χ0v) is 27.4. The second-order valence-corrected chi connectivity index (χ2v) is 13.8. The highest BCUT2D eigenvalue weighted by Gasteiger charge is 2.36. The molecule has 3 aliphatic rings. The Morgan fingerprint density at radius 1 is 0.938 bits per heavy atom. The number of ether oxygens (including phenoxy) is 4. The van der Waals surface area contributed by atoms with E-state index in [9.17, 15) is 18.0 Å². The van der Waals surface area contributed by atoms with Gasteiger partial charge in [-0.1, -0.05) is 18.2 Å². The summed E-state index contributed by atoms with van der Waals surface area (Å²) < 4.78 is 54.9. The minimum absolute atomic E-state index is 0.0129. The van der Waals surface area contributed by atoms with E-state index in [-0.39, 0.29) is 52.4 Å². The van der Waals surface area contributed by atoms with E-state index < -0.39 is 22.0 Å². The van der Waals surface area contributed by atoms with Gasteiger partial charge in [0, 0.05) is 48.9 Å². The minimum Gasteiger partial charge on any atom is -0.497 e. The second kappa shape index (κ2) is 12.8. The largest absolute Gasteiger partial charge is 0.497 e. The second-order valence-electron chi connectivity index (χ2n) is 12.2. The number of nitrogens with one attached hydrogen (secondary N) is 2. The summed E-state index contributed by atoms with van der Waals surface area (Å²) in [6.45, 7) is 2.23. The van der Waals surface area contributed by atoms with E-state index in [1.54, 1.807) is 36.4 Å². The summed E-state index contributed by atoms with van der Waals surface area (Å²) in [7, 11) is -1.37. The number of carbonyl (C=O) groups excluding carboxylic acids is 1. The van der Waals surface area contributed by atoms with Gasteiger partial charge in [0.1, 0.15) is 29.1 Å². The maximum Gasteiger partial charge on any atom is 0.265 e. The molecule has 2 N–H and O–H groups in total. The van der Waals surface area contributed by atoms with Crippen molar-refractivity contribution in [3.8, 4) is 23.0 Å². The Morgan fingerprint density at radius 2 is 1.77 bits per heavy atom. The molecule has 1 fully saturated rings. The van der Waals surface area contributed by atoms with Crippen LogP contribution in [-0.2, 0) is 16.6 Å². The molecule has 1 saturated heterocycles. The molecular formula is C35H36N4O8S. The van der Waals surface area contributed by atoms with Crippen molar-refractivity contribution in [3.63, 3.8) is 0 Å². The number of fused-ring (bicyclic) bond motifs is 5. The summed E-state index contributed by atoms with van der Waals surface area (Å²) in [5.41, 5.74) is 2.09. The Balaban J connectivity index is 1.19. The first-order chi connectivity index (χ1) is 23.2. The van der Waals surface area contributed by atoms with Crippen LogP contribution < -0.4 is 39.4 Å². The van der Waals surface area contributed by atoms with Crippen LogP contribution in [0.25, 0.3) is 0 Å². The number of hydrogen-bond acceptors (Lipinski definition) is 9. The third-order valence-corrected chi connectivity index (χ3v) is 10.4. The summed E-state index contributed by atoms with van der Waals surface area (Å²) in [4.78, 5) is 28.1. The maximum atomic E-state index is 14.0. The van der Waals surface area contributed by atoms with Crippen LogP contribution >= 0.6 is 0 Å². The molecule has 1 aromatic heterocycles. The van der Waals surface area contributed by atoms with Crippen LogP contribution in [0.1, 0.15) is 28.4 Å². The summed E-state index contributed by atoms with van der Waals surface area (Å²) >= 11 is 0. The van der Waals surface area contributed by atoms with Crippen molar-refractivity contribution in [2.75, 3.05) is 50.1 Å². The Bertz CT molecular complexity index is 2030. The number of hydrogen-bond donors (Lipinski definition) is 2. The normalized spacial score (nSPS) is 19.5. The van der Waals surface area contributed by atoms with Gasteiger partial charge in [0.25, 0.3) is 21.5 Å². The number of carbonyl (C=O) groups is 1. The average molecular weight is 673 g/mol. The molecule has 3 unspecified atom stereocenters. The summed E-state index contributed by atoms with van der Waals surface area (Å²) in [6.07, 6.45) is 0.532. The molecule has 4 heterocycles. The van der Waals surface area contributed by atoms with Crippen LogP contribution in [0.4, 0.5) is 11.4 Å². The van der Waals surface area contributed by atoms with Gasteiger partial charge in [0.2, 0.25) is 0 Å². The predicted molar refractivity (Wildman–Crippen MR) is 179 cm³/mol. The van der Waals surface area contributed by atoms with Crippen molar-refractivity contribution < 1.29 is 32.2 Å². The molecule has 3 atom stereocenters. The lowest BCUT2D eigenvalue weighted by molar-refractivity contribution is 0.0789. The molecule has 3 aromatic carbocycles. The summed E-state index contributed by atoms with van der Waals surface area (Å²) in [5, 5.41) is 2.90. The Hall–Kier alpha value is -5.17. The lowest BCUT2D eigenvalue weighted by Gasteiger charge is -2.44. The van der Waals surface area contributed by atoms with Crippen molar-refractivity contribution >= 4 is 27.3 Å². The Kier molecular flexibility index (Phi) is 8.38. The van der Waals surface area contributed by atoms with Gasteiger partial charge < -0.3 is 33.7 Å². The highest BCUT2D eigenvalue weighted by Crippen LogP contribution is 2.40.